The first-order valence-electron chi connectivity index (χ1n) is 8.57. The van der Waals surface area contributed by atoms with Gasteiger partial charge in [-0.15, -0.1) is 11.3 Å². The number of thiazole rings is 1. The minimum atomic E-state index is -3.87. The van der Waals surface area contributed by atoms with Crippen LogP contribution >= 0.6 is 11.3 Å². The summed E-state index contributed by atoms with van der Waals surface area (Å²) in [5.74, 6) is 0.575. The lowest BCUT2D eigenvalue weighted by Crippen LogP contribution is -2.12. The second kappa shape index (κ2) is 8.07. The third-order valence-electron chi connectivity index (χ3n) is 3.98. The van der Waals surface area contributed by atoms with Gasteiger partial charge >= 0.3 is 0 Å². The first-order chi connectivity index (χ1) is 13.2. The van der Waals surface area contributed by atoms with Gasteiger partial charge in [-0.2, -0.15) is 0 Å². The van der Waals surface area contributed by atoms with Crippen molar-refractivity contribution in [3.63, 3.8) is 0 Å². The van der Waals surface area contributed by atoms with Crippen molar-refractivity contribution in [2.75, 3.05) is 4.72 Å². The number of nitro benzene ring substituents is 1. The predicted molar refractivity (Wildman–Crippen MR) is 110 cm³/mol. The number of hydrogen-bond donors (Lipinski definition) is 1. The molecule has 0 saturated carbocycles. The Balaban J connectivity index is 1.75. The molecule has 1 N–H and O–H groups in total. The highest BCUT2D eigenvalue weighted by Gasteiger charge is 2.18. The van der Waals surface area contributed by atoms with Crippen molar-refractivity contribution < 1.29 is 13.3 Å². The number of sulfonamides is 1. The first-order valence-corrected chi connectivity index (χ1v) is 10.9. The molecular formula is C19H19N3O4S2. The normalized spacial score (nSPS) is 11.5. The zero-order chi connectivity index (χ0) is 20.3. The lowest BCUT2D eigenvalue weighted by atomic mass is 10.0. The smallest absolute Gasteiger partial charge is 0.258 e. The van der Waals surface area contributed by atoms with E-state index in [9.17, 15) is 18.5 Å². The van der Waals surface area contributed by atoms with Gasteiger partial charge in [0.1, 0.15) is 0 Å². The maximum absolute atomic E-state index is 12.5. The van der Waals surface area contributed by atoms with Gasteiger partial charge in [0.2, 0.25) is 0 Å². The van der Waals surface area contributed by atoms with Gasteiger partial charge in [-0.25, -0.2) is 13.4 Å². The number of nitrogens with zero attached hydrogens (tertiary/aromatic N) is 2. The fourth-order valence-corrected chi connectivity index (χ4v) is 4.63. The summed E-state index contributed by atoms with van der Waals surface area (Å²) in [5, 5.41) is 12.7. The molecule has 0 spiro atoms. The molecule has 0 aliphatic rings. The van der Waals surface area contributed by atoms with E-state index < -0.39 is 14.9 Å². The number of anilines is 1. The number of nitrogens with one attached hydrogen (secondary N) is 1. The van der Waals surface area contributed by atoms with Gasteiger partial charge in [-0.1, -0.05) is 38.1 Å². The van der Waals surface area contributed by atoms with Gasteiger partial charge in [0.25, 0.3) is 15.7 Å². The summed E-state index contributed by atoms with van der Waals surface area (Å²) >= 11 is 1.18. The van der Waals surface area contributed by atoms with Gasteiger partial charge in [-0.05, 0) is 30.0 Å². The van der Waals surface area contributed by atoms with Gasteiger partial charge < -0.3 is 0 Å². The van der Waals surface area contributed by atoms with E-state index in [0.717, 1.165) is 24.1 Å². The van der Waals surface area contributed by atoms with Crippen LogP contribution in [0.1, 0.15) is 19.4 Å². The third-order valence-corrected chi connectivity index (χ3v) is 6.22. The van der Waals surface area contributed by atoms with Gasteiger partial charge in [-0.3, -0.25) is 14.8 Å². The molecule has 1 heterocycles. The van der Waals surface area contributed by atoms with Crippen LogP contribution in [0.5, 0.6) is 0 Å². The van der Waals surface area contributed by atoms with Crippen LogP contribution in [0.3, 0.4) is 0 Å². The summed E-state index contributed by atoms with van der Waals surface area (Å²) in [6.07, 6.45) is 0.998. The van der Waals surface area contributed by atoms with Crippen molar-refractivity contribution in [1.29, 1.82) is 0 Å². The molecule has 3 rings (SSSR count). The fraction of sp³-hybridized carbons (Fsp3) is 0.211. The van der Waals surface area contributed by atoms with Crippen molar-refractivity contribution >= 4 is 32.2 Å². The molecule has 0 unspecified atom stereocenters. The first kappa shape index (κ1) is 20.0. The van der Waals surface area contributed by atoms with Crippen molar-refractivity contribution in [1.82, 2.24) is 4.98 Å². The van der Waals surface area contributed by atoms with Crippen molar-refractivity contribution in [3.05, 3.63) is 69.6 Å². The molecule has 0 aliphatic heterocycles. The van der Waals surface area contributed by atoms with Gasteiger partial charge in [0.05, 0.1) is 15.5 Å². The number of hydrogen-bond acceptors (Lipinski definition) is 6. The maximum atomic E-state index is 12.5. The van der Waals surface area contributed by atoms with Crippen LogP contribution in [0.15, 0.2) is 58.8 Å². The molecule has 2 aromatic carbocycles. The average molecular weight is 418 g/mol. The number of rotatable bonds is 7. The molecule has 0 fully saturated rings. The van der Waals surface area contributed by atoms with Gasteiger partial charge in [0.15, 0.2) is 5.13 Å². The molecule has 0 bridgehead atoms. The predicted octanol–water partition coefficient (Wildman–Crippen LogP) is 4.72. The van der Waals surface area contributed by atoms with E-state index in [0.29, 0.717) is 11.6 Å². The molecule has 0 radical (unpaired) electrons. The maximum Gasteiger partial charge on any atom is 0.269 e. The van der Waals surface area contributed by atoms with Crippen molar-refractivity contribution in [2.24, 2.45) is 5.92 Å². The summed E-state index contributed by atoms with van der Waals surface area (Å²) in [5.41, 5.74) is 2.66. The zero-order valence-corrected chi connectivity index (χ0v) is 17.0. The van der Waals surface area contributed by atoms with Crippen LogP contribution in [0.2, 0.25) is 0 Å². The lowest BCUT2D eigenvalue weighted by molar-refractivity contribution is -0.384. The highest BCUT2D eigenvalue weighted by Crippen LogP contribution is 2.27. The summed E-state index contributed by atoms with van der Waals surface area (Å²) in [7, 11) is -3.87. The Kier molecular flexibility index (Phi) is 5.76. The molecule has 0 saturated heterocycles. The molecule has 1 aromatic heterocycles. The van der Waals surface area contributed by atoms with E-state index in [-0.39, 0.29) is 15.7 Å². The summed E-state index contributed by atoms with van der Waals surface area (Å²) in [6.45, 7) is 4.33. The molecule has 28 heavy (non-hydrogen) atoms. The molecule has 0 aliphatic carbocycles. The number of aromatic nitrogens is 1. The van der Waals surface area contributed by atoms with E-state index in [2.05, 4.69) is 35.7 Å². The second-order valence-electron chi connectivity index (χ2n) is 6.69. The largest absolute Gasteiger partial charge is 0.269 e. The van der Waals surface area contributed by atoms with Crippen LogP contribution in [-0.2, 0) is 16.4 Å². The molecular weight excluding hydrogens is 398 g/mol. The summed E-state index contributed by atoms with van der Waals surface area (Å²) < 4.78 is 27.3. The quantitative estimate of drug-likeness (QED) is 0.443. The van der Waals surface area contributed by atoms with E-state index in [1.165, 1.54) is 29.0 Å². The highest BCUT2D eigenvalue weighted by molar-refractivity contribution is 7.93. The molecule has 0 atom stereocenters. The summed E-state index contributed by atoms with van der Waals surface area (Å²) in [6, 6.07) is 12.7. The lowest BCUT2D eigenvalue weighted by Gasteiger charge is -2.06. The molecule has 9 heteroatoms. The second-order valence-corrected chi connectivity index (χ2v) is 9.23. The Hall–Kier alpha value is -2.78. The van der Waals surface area contributed by atoms with E-state index in [1.54, 1.807) is 5.38 Å². The Morgan fingerprint density at radius 1 is 1.11 bits per heavy atom. The van der Waals surface area contributed by atoms with Crippen LogP contribution in [0.25, 0.3) is 11.3 Å². The van der Waals surface area contributed by atoms with Crippen LogP contribution < -0.4 is 4.72 Å². The van der Waals surface area contributed by atoms with E-state index in [1.807, 2.05) is 12.1 Å². The number of nitro groups is 1. The minimum absolute atomic E-state index is 0.0621. The topological polar surface area (TPSA) is 102 Å². The Labute approximate surface area is 167 Å². The monoisotopic (exact) mass is 417 g/mol. The molecule has 0 amide bonds. The van der Waals surface area contributed by atoms with Gasteiger partial charge in [0, 0.05) is 23.1 Å². The highest BCUT2D eigenvalue weighted by atomic mass is 32.2. The van der Waals surface area contributed by atoms with E-state index in [4.69, 9.17) is 0 Å². The van der Waals surface area contributed by atoms with Crippen molar-refractivity contribution in [2.45, 2.75) is 25.2 Å². The summed E-state index contributed by atoms with van der Waals surface area (Å²) in [4.78, 5) is 14.4. The van der Waals surface area contributed by atoms with Crippen LogP contribution in [-0.4, -0.2) is 18.3 Å². The average Bonchev–Trinajstić information content (AvgIpc) is 3.09. The van der Waals surface area contributed by atoms with Crippen LogP contribution in [0.4, 0.5) is 10.8 Å². The Morgan fingerprint density at radius 3 is 2.32 bits per heavy atom. The number of non-ortho nitro benzene ring substituents is 1. The molecule has 146 valence electrons. The minimum Gasteiger partial charge on any atom is -0.258 e. The standard InChI is InChI=1S/C19H19N3O4S2/c1-13(2)11-14-3-5-15(6-4-14)18-12-27-19(20-18)21-28(25,26)17-9-7-16(8-10-17)22(23)24/h3-10,12-13H,11H2,1-2H3,(H,20,21). The number of benzene rings is 2. The van der Waals surface area contributed by atoms with E-state index >= 15 is 0 Å². The third kappa shape index (κ3) is 4.73. The molecule has 3 aromatic rings. The zero-order valence-electron chi connectivity index (χ0n) is 15.3. The van der Waals surface area contributed by atoms with Crippen molar-refractivity contribution in [3.8, 4) is 11.3 Å². The molecule has 7 nitrogen and oxygen atoms in total. The Morgan fingerprint density at radius 2 is 1.75 bits per heavy atom. The van der Waals surface area contributed by atoms with Crippen LogP contribution in [0, 0.1) is 16.0 Å². The SMILES string of the molecule is CC(C)Cc1ccc(-c2csc(NS(=O)(=O)c3ccc([N+](=O)[O-])cc3)n2)cc1. The Bertz CT molecular complexity index is 1070. The fourth-order valence-electron chi connectivity index (χ4n) is 2.66.